The van der Waals surface area contributed by atoms with Gasteiger partial charge in [-0.15, -0.1) is 0 Å². The van der Waals surface area contributed by atoms with Gasteiger partial charge in [0.05, 0.1) is 5.56 Å². The van der Waals surface area contributed by atoms with Gasteiger partial charge in [0, 0.05) is 76.7 Å². The van der Waals surface area contributed by atoms with Crippen molar-refractivity contribution in [3.63, 3.8) is 0 Å². The third-order valence-corrected chi connectivity index (χ3v) is 9.53. The number of nitrogens with one attached hydrogen (secondary N) is 1. The van der Waals surface area contributed by atoms with Gasteiger partial charge in [-0.25, -0.2) is 15.0 Å². The van der Waals surface area contributed by atoms with Crippen molar-refractivity contribution in [3.05, 3.63) is 59.5 Å². The van der Waals surface area contributed by atoms with Gasteiger partial charge in [-0.2, -0.15) is 0 Å². The fraction of sp³-hybridized carbons (Fsp3) is 0.531. The summed E-state index contributed by atoms with van der Waals surface area (Å²) in [6.45, 7) is 11.3. The van der Waals surface area contributed by atoms with Gasteiger partial charge < -0.3 is 25.8 Å². The van der Waals surface area contributed by atoms with Crippen LogP contribution in [0.15, 0.2) is 42.9 Å². The van der Waals surface area contributed by atoms with Crippen molar-refractivity contribution >= 4 is 17.5 Å². The van der Waals surface area contributed by atoms with E-state index >= 15 is 0 Å². The number of nitrogen functional groups attached to an aromatic ring is 1. The van der Waals surface area contributed by atoms with Crippen LogP contribution < -0.4 is 20.9 Å². The number of aromatic nitrogens is 3. The number of rotatable bonds is 7. The molecule has 1 aliphatic carbocycles. The molecule has 0 spiro atoms. The summed E-state index contributed by atoms with van der Waals surface area (Å²) in [5.74, 6) is 2.44. The van der Waals surface area contributed by atoms with E-state index in [-0.39, 0.29) is 0 Å². The molecule has 0 amide bonds. The van der Waals surface area contributed by atoms with E-state index in [9.17, 15) is 0 Å². The molecule has 1 unspecified atom stereocenters. The molecular weight excluding hydrogens is 510 g/mol. The Morgan fingerprint density at radius 3 is 2.32 bits per heavy atom. The molecule has 3 aromatic rings. The van der Waals surface area contributed by atoms with Crippen LogP contribution in [-0.4, -0.2) is 96.7 Å². The summed E-state index contributed by atoms with van der Waals surface area (Å²) in [6.07, 6.45) is 9.99. The first-order valence-corrected chi connectivity index (χ1v) is 15.6. The van der Waals surface area contributed by atoms with Crippen molar-refractivity contribution in [3.8, 4) is 11.1 Å². The summed E-state index contributed by atoms with van der Waals surface area (Å²) in [6, 6.07) is 12.0. The summed E-state index contributed by atoms with van der Waals surface area (Å²) in [5.41, 5.74) is 13.0. The lowest BCUT2D eigenvalue weighted by atomic mass is 9.88. The van der Waals surface area contributed by atoms with E-state index in [0.717, 1.165) is 81.7 Å². The Balaban J connectivity index is 1.09. The second-order valence-corrected chi connectivity index (χ2v) is 12.0. The van der Waals surface area contributed by atoms with E-state index in [2.05, 4.69) is 60.2 Å². The Bertz CT molecular complexity index is 1330. The second kappa shape index (κ2) is 11.9. The SMILES string of the molecule is Nc1ncnc(N2CCN(C(CN3CCC3)c3ccc4c(c3)CCCC4)CC2)c1-c1ccc(N2CCNCC2)nc1. The van der Waals surface area contributed by atoms with Crippen LogP contribution in [0.2, 0.25) is 0 Å². The van der Waals surface area contributed by atoms with Gasteiger partial charge in [-0.1, -0.05) is 18.2 Å². The smallest absolute Gasteiger partial charge is 0.142 e. The maximum Gasteiger partial charge on any atom is 0.142 e. The summed E-state index contributed by atoms with van der Waals surface area (Å²) >= 11 is 0. The Hall–Kier alpha value is -3.27. The van der Waals surface area contributed by atoms with Gasteiger partial charge in [0.25, 0.3) is 0 Å². The summed E-state index contributed by atoms with van der Waals surface area (Å²) < 4.78 is 0. The molecule has 9 nitrogen and oxygen atoms in total. The molecule has 2 aromatic heterocycles. The maximum absolute atomic E-state index is 6.48. The lowest BCUT2D eigenvalue weighted by Crippen LogP contribution is -2.51. The molecule has 3 aliphatic heterocycles. The standard InChI is InChI=1S/C32H43N9/c33-31-30(27-8-9-29(35-21-27)40-14-10-34-11-15-40)32(37-23-36-31)41-18-16-39(17-19-41)28(22-38-12-3-13-38)26-7-6-24-4-1-2-5-25(24)20-26/h6-9,20-21,23,28,34H,1-5,10-19,22H2,(H2,33,36,37). The van der Waals surface area contributed by atoms with Crippen LogP contribution in [0.3, 0.4) is 0 Å². The molecule has 9 heteroatoms. The number of fused-ring (bicyclic) bond motifs is 1. The number of anilines is 3. The highest BCUT2D eigenvalue weighted by Gasteiger charge is 2.30. The van der Waals surface area contributed by atoms with Crippen molar-refractivity contribution in [1.29, 1.82) is 0 Å². The van der Waals surface area contributed by atoms with E-state index in [1.165, 1.54) is 50.8 Å². The normalized spacial score (nSPS) is 20.9. The van der Waals surface area contributed by atoms with Crippen molar-refractivity contribution < 1.29 is 0 Å². The Morgan fingerprint density at radius 1 is 0.780 bits per heavy atom. The minimum Gasteiger partial charge on any atom is -0.383 e. The number of hydrogen-bond donors (Lipinski definition) is 2. The average molecular weight is 554 g/mol. The number of pyridine rings is 1. The first-order valence-electron chi connectivity index (χ1n) is 15.6. The van der Waals surface area contributed by atoms with Gasteiger partial charge in [0.15, 0.2) is 0 Å². The minimum absolute atomic E-state index is 0.432. The third kappa shape index (κ3) is 5.63. The quantitative estimate of drug-likeness (QED) is 0.458. The van der Waals surface area contributed by atoms with Gasteiger partial charge in [0.2, 0.25) is 0 Å². The van der Waals surface area contributed by atoms with Crippen LogP contribution >= 0.6 is 0 Å². The zero-order valence-electron chi connectivity index (χ0n) is 24.1. The number of aryl methyl sites for hydroxylation is 2. The zero-order valence-corrected chi connectivity index (χ0v) is 24.1. The number of likely N-dealkylation sites (tertiary alicyclic amines) is 1. The topological polar surface area (TPSA) is 89.7 Å². The van der Waals surface area contributed by atoms with Crippen molar-refractivity contribution in [1.82, 2.24) is 30.1 Å². The molecule has 3 saturated heterocycles. The number of hydrogen-bond acceptors (Lipinski definition) is 9. The molecule has 0 radical (unpaired) electrons. The number of benzene rings is 1. The van der Waals surface area contributed by atoms with E-state index in [4.69, 9.17) is 15.7 Å². The maximum atomic E-state index is 6.48. The third-order valence-electron chi connectivity index (χ3n) is 9.53. The monoisotopic (exact) mass is 553 g/mol. The lowest BCUT2D eigenvalue weighted by molar-refractivity contribution is 0.0965. The first kappa shape index (κ1) is 26.6. The molecular formula is C32H43N9. The van der Waals surface area contributed by atoms with Crippen LogP contribution in [0.1, 0.15) is 42.0 Å². The van der Waals surface area contributed by atoms with E-state index in [1.807, 2.05) is 6.20 Å². The van der Waals surface area contributed by atoms with E-state index in [1.54, 1.807) is 17.5 Å². The van der Waals surface area contributed by atoms with Crippen LogP contribution in [0.5, 0.6) is 0 Å². The number of nitrogens with two attached hydrogens (primary N) is 1. The Morgan fingerprint density at radius 2 is 1.59 bits per heavy atom. The highest BCUT2D eigenvalue weighted by Crippen LogP contribution is 2.35. The van der Waals surface area contributed by atoms with Crippen molar-refractivity contribution in [2.75, 3.05) is 87.5 Å². The number of piperazine rings is 2. The highest BCUT2D eigenvalue weighted by molar-refractivity contribution is 5.84. The van der Waals surface area contributed by atoms with Crippen LogP contribution in [0.25, 0.3) is 11.1 Å². The van der Waals surface area contributed by atoms with Crippen LogP contribution in [0, 0.1) is 0 Å². The molecule has 1 aromatic carbocycles. The number of nitrogens with zero attached hydrogens (tertiary/aromatic N) is 7. The fourth-order valence-electron chi connectivity index (χ4n) is 6.97. The minimum atomic E-state index is 0.432. The Labute approximate surface area is 243 Å². The predicted octanol–water partition coefficient (Wildman–Crippen LogP) is 2.98. The van der Waals surface area contributed by atoms with E-state index < -0.39 is 0 Å². The summed E-state index contributed by atoms with van der Waals surface area (Å²) in [4.78, 5) is 24.0. The van der Waals surface area contributed by atoms with Crippen LogP contribution in [0.4, 0.5) is 17.5 Å². The average Bonchev–Trinajstić information content (AvgIpc) is 3.01. The van der Waals surface area contributed by atoms with Crippen LogP contribution in [-0.2, 0) is 12.8 Å². The largest absolute Gasteiger partial charge is 0.383 e. The fourth-order valence-corrected chi connectivity index (χ4v) is 6.97. The van der Waals surface area contributed by atoms with Crippen molar-refractivity contribution in [2.24, 2.45) is 0 Å². The second-order valence-electron chi connectivity index (χ2n) is 12.0. The molecule has 5 heterocycles. The predicted molar refractivity (Wildman–Crippen MR) is 165 cm³/mol. The molecule has 7 rings (SSSR count). The lowest BCUT2D eigenvalue weighted by Gasteiger charge is -2.43. The highest BCUT2D eigenvalue weighted by atomic mass is 15.3. The van der Waals surface area contributed by atoms with Gasteiger partial charge in [-0.3, -0.25) is 4.90 Å². The van der Waals surface area contributed by atoms with Gasteiger partial charge >= 0.3 is 0 Å². The molecule has 0 saturated carbocycles. The summed E-state index contributed by atoms with van der Waals surface area (Å²) in [7, 11) is 0. The molecule has 216 valence electrons. The zero-order chi connectivity index (χ0) is 27.6. The molecule has 0 bridgehead atoms. The molecule has 3 fully saturated rings. The molecule has 41 heavy (non-hydrogen) atoms. The van der Waals surface area contributed by atoms with Crippen molar-refractivity contribution in [2.45, 2.75) is 38.1 Å². The van der Waals surface area contributed by atoms with Gasteiger partial charge in [-0.05, 0) is 74.0 Å². The molecule has 1 atom stereocenters. The van der Waals surface area contributed by atoms with Gasteiger partial charge in [0.1, 0.15) is 23.8 Å². The molecule has 4 aliphatic rings. The Kier molecular flexibility index (Phi) is 7.74. The first-order chi connectivity index (χ1) is 20.2. The van der Waals surface area contributed by atoms with E-state index in [0.29, 0.717) is 11.9 Å². The summed E-state index contributed by atoms with van der Waals surface area (Å²) in [5, 5.41) is 3.41. The molecule has 3 N–H and O–H groups in total.